The molecule has 0 heterocycles. The average Bonchev–Trinajstić information content (AvgIpc) is 2.30. The molecule has 18 heavy (non-hydrogen) atoms. The van der Waals surface area contributed by atoms with Gasteiger partial charge in [-0.3, -0.25) is 0 Å². The van der Waals surface area contributed by atoms with Gasteiger partial charge in [-0.2, -0.15) is 0 Å². The van der Waals surface area contributed by atoms with Gasteiger partial charge in [-0.05, 0) is 32.0 Å². The van der Waals surface area contributed by atoms with Gasteiger partial charge in [0, 0.05) is 13.1 Å². The Balaban J connectivity index is 2.86. The summed E-state index contributed by atoms with van der Waals surface area (Å²) < 4.78 is 0. The summed E-state index contributed by atoms with van der Waals surface area (Å²) in [5.74, 6) is -1.41. The first-order chi connectivity index (χ1) is 8.32. The Bertz CT molecular complexity index is 471. The summed E-state index contributed by atoms with van der Waals surface area (Å²) in [7, 11) is 1.63. The summed E-state index contributed by atoms with van der Waals surface area (Å²) >= 11 is 0. The number of aromatic hydroxyl groups is 1. The van der Waals surface area contributed by atoms with Crippen molar-refractivity contribution in [3.63, 3.8) is 0 Å². The van der Waals surface area contributed by atoms with Crippen LogP contribution in [0.5, 0.6) is 5.75 Å². The van der Waals surface area contributed by atoms with Crippen LogP contribution in [-0.2, 0) is 0 Å². The van der Waals surface area contributed by atoms with E-state index in [4.69, 9.17) is 5.11 Å². The Morgan fingerprint density at radius 2 is 1.94 bits per heavy atom. The SMILES string of the molecule is CC(C)N(C)C(=O)Nc1ccc(C(=O)O)cc1O. The molecular weight excluding hydrogens is 236 g/mol. The number of nitrogens with one attached hydrogen (secondary N) is 1. The summed E-state index contributed by atoms with van der Waals surface area (Å²) in [5.41, 5.74) is 0.139. The molecule has 6 nitrogen and oxygen atoms in total. The standard InChI is InChI=1S/C12H16N2O4/c1-7(2)14(3)12(18)13-9-5-4-8(11(16)17)6-10(9)15/h4-7,15H,1-3H3,(H,13,18)(H,16,17). The summed E-state index contributed by atoms with van der Waals surface area (Å²) in [6.45, 7) is 3.71. The number of amides is 2. The van der Waals surface area contributed by atoms with Crippen LogP contribution in [0.15, 0.2) is 18.2 Å². The molecule has 0 unspecified atom stereocenters. The number of benzene rings is 1. The molecule has 1 aromatic rings. The van der Waals surface area contributed by atoms with E-state index < -0.39 is 5.97 Å². The lowest BCUT2D eigenvalue weighted by Crippen LogP contribution is -2.36. The van der Waals surface area contributed by atoms with Gasteiger partial charge in [0.15, 0.2) is 0 Å². The number of anilines is 1. The minimum atomic E-state index is -1.14. The Labute approximate surface area is 105 Å². The van der Waals surface area contributed by atoms with E-state index in [-0.39, 0.29) is 29.1 Å². The van der Waals surface area contributed by atoms with Crippen LogP contribution < -0.4 is 5.32 Å². The van der Waals surface area contributed by atoms with Crippen molar-refractivity contribution in [2.24, 2.45) is 0 Å². The Morgan fingerprint density at radius 1 is 1.33 bits per heavy atom. The largest absolute Gasteiger partial charge is 0.506 e. The van der Waals surface area contributed by atoms with Gasteiger partial charge in [0.1, 0.15) is 5.75 Å². The lowest BCUT2D eigenvalue weighted by Gasteiger charge is -2.22. The normalized spacial score (nSPS) is 10.2. The fraction of sp³-hybridized carbons (Fsp3) is 0.333. The van der Waals surface area contributed by atoms with E-state index in [2.05, 4.69) is 5.32 Å². The number of urea groups is 1. The fourth-order valence-electron chi connectivity index (χ4n) is 1.21. The number of phenolic OH excluding ortho intramolecular Hbond substituents is 1. The molecular formula is C12H16N2O4. The smallest absolute Gasteiger partial charge is 0.335 e. The molecule has 0 bridgehead atoms. The molecule has 0 aliphatic rings. The van der Waals surface area contributed by atoms with E-state index in [9.17, 15) is 14.7 Å². The molecule has 0 radical (unpaired) electrons. The number of nitrogens with zero attached hydrogens (tertiary/aromatic N) is 1. The number of phenols is 1. The highest BCUT2D eigenvalue weighted by molar-refractivity contribution is 5.93. The molecule has 1 aromatic carbocycles. The Kier molecular flexibility index (Phi) is 4.14. The molecule has 6 heteroatoms. The van der Waals surface area contributed by atoms with Crippen LogP contribution >= 0.6 is 0 Å². The molecule has 0 aromatic heterocycles. The van der Waals surface area contributed by atoms with Crippen molar-refractivity contribution in [3.8, 4) is 5.75 Å². The predicted octanol–water partition coefficient (Wildman–Crippen LogP) is 1.96. The van der Waals surface area contributed by atoms with Crippen LogP contribution in [0.25, 0.3) is 0 Å². The van der Waals surface area contributed by atoms with Crippen molar-refractivity contribution in [1.29, 1.82) is 0 Å². The maximum atomic E-state index is 11.7. The number of carboxylic acid groups (broad SMARTS) is 1. The zero-order chi connectivity index (χ0) is 13.9. The van der Waals surface area contributed by atoms with Crippen LogP contribution in [-0.4, -0.2) is 40.2 Å². The minimum Gasteiger partial charge on any atom is -0.506 e. The Morgan fingerprint density at radius 3 is 2.39 bits per heavy atom. The number of hydrogen-bond acceptors (Lipinski definition) is 3. The predicted molar refractivity (Wildman–Crippen MR) is 67.0 cm³/mol. The Hall–Kier alpha value is -2.24. The van der Waals surface area contributed by atoms with Crippen LogP contribution in [0.2, 0.25) is 0 Å². The van der Waals surface area contributed by atoms with Crippen molar-refractivity contribution in [2.75, 3.05) is 12.4 Å². The van der Waals surface area contributed by atoms with Gasteiger partial charge in [0.2, 0.25) is 0 Å². The van der Waals surface area contributed by atoms with Crippen LogP contribution in [0.4, 0.5) is 10.5 Å². The molecule has 2 amide bonds. The average molecular weight is 252 g/mol. The zero-order valence-electron chi connectivity index (χ0n) is 10.5. The summed E-state index contributed by atoms with van der Waals surface area (Å²) in [6, 6.07) is 3.40. The van der Waals surface area contributed by atoms with E-state index in [1.54, 1.807) is 7.05 Å². The monoisotopic (exact) mass is 252 g/mol. The molecule has 98 valence electrons. The summed E-state index contributed by atoms with van der Waals surface area (Å²) in [5, 5.41) is 20.9. The van der Waals surface area contributed by atoms with Crippen LogP contribution in [0.3, 0.4) is 0 Å². The van der Waals surface area contributed by atoms with Crippen molar-refractivity contribution < 1.29 is 19.8 Å². The molecule has 0 atom stereocenters. The van der Waals surface area contributed by atoms with E-state index in [0.717, 1.165) is 6.07 Å². The van der Waals surface area contributed by atoms with Gasteiger partial charge in [-0.25, -0.2) is 9.59 Å². The first kappa shape index (κ1) is 13.8. The fourth-order valence-corrected chi connectivity index (χ4v) is 1.21. The van der Waals surface area contributed by atoms with Gasteiger partial charge >= 0.3 is 12.0 Å². The number of carbonyl (C=O) groups excluding carboxylic acids is 1. The molecule has 0 aliphatic carbocycles. The quantitative estimate of drug-likeness (QED) is 0.717. The number of aromatic carboxylic acids is 1. The molecule has 0 spiro atoms. The minimum absolute atomic E-state index is 0.0189. The number of rotatable bonds is 3. The van der Waals surface area contributed by atoms with E-state index in [1.165, 1.54) is 17.0 Å². The molecule has 0 aliphatic heterocycles. The zero-order valence-corrected chi connectivity index (χ0v) is 10.5. The first-order valence-corrected chi connectivity index (χ1v) is 5.43. The second-order valence-corrected chi connectivity index (χ2v) is 4.17. The molecule has 0 saturated heterocycles. The van der Waals surface area contributed by atoms with Gasteiger partial charge in [0.05, 0.1) is 11.3 Å². The van der Waals surface area contributed by atoms with Gasteiger partial charge in [0.25, 0.3) is 0 Å². The first-order valence-electron chi connectivity index (χ1n) is 5.43. The lowest BCUT2D eigenvalue weighted by atomic mass is 10.2. The number of carbonyl (C=O) groups is 2. The summed E-state index contributed by atoms with van der Waals surface area (Å²) in [6.07, 6.45) is 0. The molecule has 0 saturated carbocycles. The topological polar surface area (TPSA) is 89.9 Å². The lowest BCUT2D eigenvalue weighted by molar-refractivity contribution is 0.0696. The number of hydrogen-bond donors (Lipinski definition) is 3. The molecule has 3 N–H and O–H groups in total. The number of carboxylic acids is 1. The van der Waals surface area contributed by atoms with Crippen molar-refractivity contribution in [2.45, 2.75) is 19.9 Å². The van der Waals surface area contributed by atoms with Crippen molar-refractivity contribution in [3.05, 3.63) is 23.8 Å². The van der Waals surface area contributed by atoms with Crippen molar-refractivity contribution in [1.82, 2.24) is 4.90 Å². The second kappa shape index (κ2) is 5.39. The highest BCUT2D eigenvalue weighted by Crippen LogP contribution is 2.24. The van der Waals surface area contributed by atoms with Gasteiger partial charge in [-0.1, -0.05) is 0 Å². The molecule has 1 rings (SSSR count). The van der Waals surface area contributed by atoms with Gasteiger partial charge in [-0.15, -0.1) is 0 Å². The maximum absolute atomic E-state index is 11.7. The highest BCUT2D eigenvalue weighted by atomic mass is 16.4. The maximum Gasteiger partial charge on any atom is 0.335 e. The third-order valence-corrected chi connectivity index (χ3v) is 2.58. The van der Waals surface area contributed by atoms with Crippen LogP contribution in [0.1, 0.15) is 24.2 Å². The third-order valence-electron chi connectivity index (χ3n) is 2.58. The van der Waals surface area contributed by atoms with Gasteiger partial charge < -0.3 is 20.4 Å². The second-order valence-electron chi connectivity index (χ2n) is 4.17. The van der Waals surface area contributed by atoms with E-state index in [1.807, 2.05) is 13.8 Å². The highest BCUT2D eigenvalue weighted by Gasteiger charge is 2.14. The van der Waals surface area contributed by atoms with E-state index >= 15 is 0 Å². The van der Waals surface area contributed by atoms with Crippen LogP contribution in [0, 0.1) is 0 Å². The van der Waals surface area contributed by atoms with E-state index in [0.29, 0.717) is 0 Å². The molecule has 0 fully saturated rings. The third kappa shape index (κ3) is 3.13. The van der Waals surface area contributed by atoms with Crippen molar-refractivity contribution >= 4 is 17.7 Å². The summed E-state index contributed by atoms with van der Waals surface area (Å²) in [4.78, 5) is 23.9.